The van der Waals surface area contributed by atoms with Gasteiger partial charge in [-0.15, -0.1) is 0 Å². The molecular formula is C13H30. The molecule has 0 heterocycles. The molecule has 0 aliphatic carbocycles. The lowest BCUT2D eigenvalue weighted by Crippen LogP contribution is -1.85. The average Bonchev–Trinajstić information content (AvgIpc) is 2.14. The Kier molecular flexibility index (Phi) is 14.3. The molecule has 0 amide bonds. The molecule has 0 spiro atoms. The van der Waals surface area contributed by atoms with Crippen molar-refractivity contribution in [1.82, 2.24) is 0 Å². The van der Waals surface area contributed by atoms with Crippen LogP contribution in [0.3, 0.4) is 0 Å². The summed E-state index contributed by atoms with van der Waals surface area (Å²) >= 11 is 0. The van der Waals surface area contributed by atoms with Gasteiger partial charge in [-0.25, -0.2) is 0 Å². The monoisotopic (exact) mass is 186 g/mol. The Hall–Kier alpha value is 0. The molecule has 0 aliphatic heterocycles. The molecule has 0 aromatic carbocycles. The Morgan fingerprint density at radius 3 is 1.38 bits per heavy atom. The van der Waals surface area contributed by atoms with Gasteiger partial charge in [-0.2, -0.15) is 0 Å². The molecule has 0 N–H and O–H groups in total. The predicted octanol–water partition coefficient (Wildman–Crippen LogP) is 5.28. The highest BCUT2D eigenvalue weighted by molar-refractivity contribution is 4.42. The highest BCUT2D eigenvalue weighted by Crippen LogP contribution is 2.04. The summed E-state index contributed by atoms with van der Waals surface area (Å²) in [5.74, 6) is 1.84. The molecule has 0 radical (unpaired) electrons. The van der Waals surface area contributed by atoms with Gasteiger partial charge in [0.25, 0.3) is 0 Å². The van der Waals surface area contributed by atoms with Gasteiger partial charge < -0.3 is 0 Å². The molecule has 13 heavy (non-hydrogen) atoms. The molecule has 0 nitrogen and oxygen atoms in total. The standard InChI is InChI=1S/C7H16.C6H14/c1-4-5-6-7(2)3;1-4-6(3)5-2/h7H,4-6H2,1-3H3;6H,4-5H2,1-3H3. The second kappa shape index (κ2) is 12.0. The fourth-order valence-corrected chi connectivity index (χ4v) is 0.901. The molecule has 0 unspecified atom stereocenters. The quantitative estimate of drug-likeness (QED) is 0.548. The summed E-state index contributed by atoms with van der Waals surface area (Å²) in [5, 5.41) is 0. The van der Waals surface area contributed by atoms with E-state index in [0.717, 1.165) is 11.8 Å². The minimum atomic E-state index is 0.903. The van der Waals surface area contributed by atoms with Crippen molar-refractivity contribution in [2.24, 2.45) is 11.8 Å². The number of unbranched alkanes of at least 4 members (excludes halogenated alkanes) is 1. The molecule has 0 saturated heterocycles. The van der Waals surface area contributed by atoms with E-state index in [1.807, 2.05) is 0 Å². The first-order chi connectivity index (χ1) is 6.08. The van der Waals surface area contributed by atoms with Crippen LogP contribution >= 0.6 is 0 Å². The van der Waals surface area contributed by atoms with Crippen LogP contribution in [0.2, 0.25) is 0 Å². The zero-order valence-corrected chi connectivity index (χ0v) is 10.7. The summed E-state index contributed by atoms with van der Waals surface area (Å²) in [7, 11) is 0. The molecule has 0 saturated carbocycles. The molecule has 0 fully saturated rings. The van der Waals surface area contributed by atoms with Crippen LogP contribution in [0.1, 0.15) is 73.6 Å². The van der Waals surface area contributed by atoms with Crippen LogP contribution in [0, 0.1) is 11.8 Å². The van der Waals surface area contributed by atoms with E-state index in [9.17, 15) is 0 Å². The zero-order valence-electron chi connectivity index (χ0n) is 10.7. The van der Waals surface area contributed by atoms with Gasteiger partial charge in [-0.05, 0) is 11.8 Å². The van der Waals surface area contributed by atoms with Gasteiger partial charge in [0.2, 0.25) is 0 Å². The predicted molar refractivity (Wildman–Crippen MR) is 64.1 cm³/mol. The van der Waals surface area contributed by atoms with Crippen molar-refractivity contribution in [2.75, 3.05) is 0 Å². The van der Waals surface area contributed by atoms with Crippen LogP contribution in [-0.2, 0) is 0 Å². The Morgan fingerprint density at radius 1 is 0.846 bits per heavy atom. The molecule has 0 aromatic heterocycles. The third-order valence-electron chi connectivity index (χ3n) is 2.53. The summed E-state index contributed by atoms with van der Waals surface area (Å²) in [6, 6.07) is 0. The first-order valence-corrected chi connectivity index (χ1v) is 6.08. The maximum atomic E-state index is 2.28. The van der Waals surface area contributed by atoms with Gasteiger partial charge in [0.1, 0.15) is 0 Å². The second-order valence-corrected chi connectivity index (χ2v) is 4.46. The Labute approximate surface area is 86.1 Å². The summed E-state index contributed by atoms with van der Waals surface area (Å²) in [5.41, 5.74) is 0. The molecular weight excluding hydrogens is 156 g/mol. The van der Waals surface area contributed by atoms with E-state index in [1.54, 1.807) is 0 Å². The van der Waals surface area contributed by atoms with Crippen molar-refractivity contribution < 1.29 is 0 Å². The molecule has 0 atom stereocenters. The minimum absolute atomic E-state index is 0.903. The van der Waals surface area contributed by atoms with E-state index in [2.05, 4.69) is 41.5 Å². The van der Waals surface area contributed by atoms with Crippen LogP contribution in [0.5, 0.6) is 0 Å². The first kappa shape index (κ1) is 15.5. The largest absolute Gasteiger partial charge is 0.0654 e. The van der Waals surface area contributed by atoms with Crippen LogP contribution in [0.25, 0.3) is 0 Å². The smallest absolute Gasteiger partial charge is 0.0448 e. The molecule has 82 valence electrons. The topological polar surface area (TPSA) is 0 Å². The highest BCUT2D eigenvalue weighted by Gasteiger charge is 1.89. The molecule has 0 aliphatic rings. The molecule has 0 aromatic rings. The maximum Gasteiger partial charge on any atom is -0.0448 e. The van der Waals surface area contributed by atoms with Crippen molar-refractivity contribution in [3.05, 3.63) is 0 Å². The van der Waals surface area contributed by atoms with Crippen molar-refractivity contribution in [3.63, 3.8) is 0 Å². The van der Waals surface area contributed by atoms with E-state index in [0.29, 0.717) is 0 Å². The van der Waals surface area contributed by atoms with Crippen molar-refractivity contribution in [2.45, 2.75) is 73.6 Å². The summed E-state index contributed by atoms with van der Waals surface area (Å²) < 4.78 is 0. The van der Waals surface area contributed by atoms with Gasteiger partial charge in [0, 0.05) is 0 Å². The number of hydrogen-bond acceptors (Lipinski definition) is 0. The van der Waals surface area contributed by atoms with Gasteiger partial charge >= 0.3 is 0 Å². The van der Waals surface area contributed by atoms with E-state index in [-0.39, 0.29) is 0 Å². The van der Waals surface area contributed by atoms with Crippen molar-refractivity contribution in [1.29, 1.82) is 0 Å². The number of rotatable bonds is 5. The normalized spacial score (nSPS) is 10.2. The van der Waals surface area contributed by atoms with Crippen LogP contribution in [0.4, 0.5) is 0 Å². The van der Waals surface area contributed by atoms with Crippen molar-refractivity contribution in [3.8, 4) is 0 Å². The van der Waals surface area contributed by atoms with E-state index >= 15 is 0 Å². The van der Waals surface area contributed by atoms with Crippen LogP contribution in [0.15, 0.2) is 0 Å². The lowest BCUT2D eigenvalue weighted by Gasteiger charge is -1.98. The van der Waals surface area contributed by atoms with Gasteiger partial charge in [-0.1, -0.05) is 73.6 Å². The Morgan fingerprint density at radius 2 is 1.31 bits per heavy atom. The van der Waals surface area contributed by atoms with Crippen LogP contribution in [-0.4, -0.2) is 0 Å². The first-order valence-electron chi connectivity index (χ1n) is 6.08. The minimum Gasteiger partial charge on any atom is -0.0654 e. The maximum absolute atomic E-state index is 2.28. The van der Waals surface area contributed by atoms with Gasteiger partial charge in [0.15, 0.2) is 0 Å². The molecule has 0 rings (SSSR count). The Balaban J connectivity index is 0. The lowest BCUT2D eigenvalue weighted by atomic mass is 10.1. The van der Waals surface area contributed by atoms with Gasteiger partial charge in [0.05, 0.1) is 0 Å². The fourth-order valence-electron chi connectivity index (χ4n) is 0.901. The summed E-state index contributed by atoms with van der Waals surface area (Å²) in [6.45, 7) is 13.5. The van der Waals surface area contributed by atoms with Crippen molar-refractivity contribution >= 4 is 0 Å². The van der Waals surface area contributed by atoms with E-state index in [4.69, 9.17) is 0 Å². The zero-order chi connectivity index (χ0) is 10.7. The second-order valence-electron chi connectivity index (χ2n) is 4.46. The van der Waals surface area contributed by atoms with Crippen LogP contribution < -0.4 is 0 Å². The number of hydrogen-bond donors (Lipinski definition) is 0. The third kappa shape index (κ3) is 18.8. The van der Waals surface area contributed by atoms with E-state index in [1.165, 1.54) is 32.1 Å². The summed E-state index contributed by atoms with van der Waals surface area (Å²) in [6.07, 6.45) is 6.80. The van der Waals surface area contributed by atoms with Gasteiger partial charge in [-0.3, -0.25) is 0 Å². The average molecular weight is 186 g/mol. The third-order valence-corrected chi connectivity index (χ3v) is 2.53. The fraction of sp³-hybridized carbons (Fsp3) is 1.00. The Bertz CT molecular complexity index is 70.1. The molecule has 0 bridgehead atoms. The SMILES string of the molecule is CCC(C)CC.CCCCC(C)C. The summed E-state index contributed by atoms with van der Waals surface area (Å²) in [4.78, 5) is 0. The lowest BCUT2D eigenvalue weighted by molar-refractivity contribution is 0.544. The molecule has 0 heteroatoms. The highest BCUT2D eigenvalue weighted by atomic mass is 14.0. The van der Waals surface area contributed by atoms with E-state index < -0.39 is 0 Å².